The molecule has 1 N–H and O–H groups in total. The number of amides is 2. The van der Waals surface area contributed by atoms with Crippen LogP contribution in [0.1, 0.15) is 11.1 Å². The van der Waals surface area contributed by atoms with Crippen LogP contribution in [-0.2, 0) is 0 Å². The van der Waals surface area contributed by atoms with Gasteiger partial charge in [-0.05, 0) is 42.5 Å². The number of benzene rings is 2. The highest BCUT2D eigenvalue weighted by Gasteiger charge is 2.12. The van der Waals surface area contributed by atoms with Crippen LogP contribution in [0.2, 0.25) is 0 Å². The molecule has 0 unspecified atom stereocenters. The Morgan fingerprint density at radius 1 is 1.00 bits per heavy atom. The number of rotatable bonds is 1. The van der Waals surface area contributed by atoms with Gasteiger partial charge in [-0.3, -0.25) is 0 Å². The second kappa shape index (κ2) is 6.32. The Morgan fingerprint density at radius 3 is 2.39 bits per heavy atom. The number of hydrogen-bond donors (Lipinski definition) is 1. The molecule has 0 radical (unpaired) electrons. The molecule has 3 rings (SSSR count). The molecule has 1 aliphatic heterocycles. The van der Waals surface area contributed by atoms with Gasteiger partial charge in [0, 0.05) is 30.9 Å². The van der Waals surface area contributed by atoms with Crippen molar-refractivity contribution in [2.75, 3.05) is 26.2 Å². The summed E-state index contributed by atoms with van der Waals surface area (Å²) >= 11 is 0. The van der Waals surface area contributed by atoms with Gasteiger partial charge in [0.2, 0.25) is 6.79 Å². The van der Waals surface area contributed by atoms with Gasteiger partial charge in [-0.25, -0.2) is 4.79 Å². The van der Waals surface area contributed by atoms with Gasteiger partial charge in [0.25, 0.3) is 0 Å². The van der Waals surface area contributed by atoms with Crippen molar-refractivity contribution in [2.24, 2.45) is 0 Å². The number of anilines is 1. The van der Waals surface area contributed by atoms with Crippen LogP contribution in [0.15, 0.2) is 42.5 Å². The third kappa shape index (κ3) is 3.55. The van der Waals surface area contributed by atoms with Crippen molar-refractivity contribution in [3.63, 3.8) is 0 Å². The average Bonchev–Trinajstić information content (AvgIpc) is 3.01. The molecule has 0 fully saturated rings. The van der Waals surface area contributed by atoms with Gasteiger partial charge in [0.05, 0.1) is 0 Å². The Hall–Kier alpha value is -3.13. The second-order valence-corrected chi connectivity index (χ2v) is 5.22. The monoisotopic (exact) mass is 308 g/mol. The molecule has 2 amide bonds. The van der Waals surface area contributed by atoms with Crippen LogP contribution in [0.5, 0.6) is 11.5 Å². The number of hydrogen-bond acceptors (Lipinski definition) is 3. The Kier molecular flexibility index (Phi) is 4.07. The lowest BCUT2D eigenvalue weighted by Gasteiger charge is -2.11. The van der Waals surface area contributed by atoms with E-state index in [9.17, 15) is 4.79 Å². The maximum Gasteiger partial charge on any atom is 0.321 e. The van der Waals surface area contributed by atoms with Crippen molar-refractivity contribution in [3.8, 4) is 23.3 Å². The van der Waals surface area contributed by atoms with Gasteiger partial charge in [0.15, 0.2) is 11.5 Å². The highest BCUT2D eigenvalue weighted by molar-refractivity contribution is 5.88. The van der Waals surface area contributed by atoms with E-state index in [4.69, 9.17) is 9.47 Å². The molecule has 0 bridgehead atoms. The van der Waals surface area contributed by atoms with Crippen LogP contribution in [0.25, 0.3) is 0 Å². The molecule has 1 heterocycles. The largest absolute Gasteiger partial charge is 0.454 e. The number of nitrogens with zero attached hydrogens (tertiary/aromatic N) is 1. The molecule has 5 heteroatoms. The van der Waals surface area contributed by atoms with E-state index in [1.54, 1.807) is 14.1 Å². The summed E-state index contributed by atoms with van der Waals surface area (Å²) in [7, 11) is 3.39. The van der Waals surface area contributed by atoms with Crippen LogP contribution < -0.4 is 14.8 Å². The summed E-state index contributed by atoms with van der Waals surface area (Å²) in [6.07, 6.45) is 0. The zero-order chi connectivity index (χ0) is 16.2. The lowest BCUT2D eigenvalue weighted by molar-refractivity contribution is 0.174. The fourth-order valence-electron chi connectivity index (χ4n) is 1.99. The van der Waals surface area contributed by atoms with Gasteiger partial charge in [-0.2, -0.15) is 0 Å². The molecular formula is C18H16N2O3. The molecule has 2 aromatic rings. The van der Waals surface area contributed by atoms with Gasteiger partial charge in [-0.15, -0.1) is 0 Å². The first kappa shape index (κ1) is 14.8. The van der Waals surface area contributed by atoms with Gasteiger partial charge >= 0.3 is 6.03 Å². The predicted octanol–water partition coefficient (Wildman–Crippen LogP) is 2.91. The summed E-state index contributed by atoms with van der Waals surface area (Å²) in [5, 5.41) is 2.78. The topological polar surface area (TPSA) is 50.8 Å². The van der Waals surface area contributed by atoms with E-state index in [0.29, 0.717) is 0 Å². The van der Waals surface area contributed by atoms with Crippen molar-refractivity contribution in [1.29, 1.82) is 0 Å². The Bertz CT molecular complexity index is 786. The molecule has 0 spiro atoms. The lowest BCUT2D eigenvalue weighted by atomic mass is 10.1. The van der Waals surface area contributed by atoms with E-state index in [2.05, 4.69) is 17.2 Å². The smallest absolute Gasteiger partial charge is 0.321 e. The van der Waals surface area contributed by atoms with E-state index in [-0.39, 0.29) is 12.8 Å². The van der Waals surface area contributed by atoms with Crippen molar-refractivity contribution >= 4 is 11.7 Å². The van der Waals surface area contributed by atoms with Gasteiger partial charge < -0.3 is 19.7 Å². The fourth-order valence-corrected chi connectivity index (χ4v) is 1.99. The van der Waals surface area contributed by atoms with E-state index in [0.717, 1.165) is 28.3 Å². The maximum absolute atomic E-state index is 11.6. The number of nitrogens with one attached hydrogen (secondary N) is 1. The summed E-state index contributed by atoms with van der Waals surface area (Å²) in [5.41, 5.74) is 2.46. The molecule has 23 heavy (non-hydrogen) atoms. The second-order valence-electron chi connectivity index (χ2n) is 5.22. The predicted molar refractivity (Wildman–Crippen MR) is 87.7 cm³/mol. The van der Waals surface area contributed by atoms with E-state index in [1.165, 1.54) is 4.90 Å². The summed E-state index contributed by atoms with van der Waals surface area (Å²) in [4.78, 5) is 13.0. The molecule has 0 atom stereocenters. The highest BCUT2D eigenvalue weighted by atomic mass is 16.7. The van der Waals surface area contributed by atoms with Gasteiger partial charge in [0.1, 0.15) is 0 Å². The first-order valence-corrected chi connectivity index (χ1v) is 7.12. The molecule has 1 aliphatic rings. The summed E-state index contributed by atoms with van der Waals surface area (Å²) in [6, 6.07) is 12.8. The molecule has 0 aromatic heterocycles. The molecule has 5 nitrogen and oxygen atoms in total. The number of carbonyl (C=O) groups excluding carboxylic acids is 1. The number of carbonyl (C=O) groups is 1. The van der Waals surface area contributed by atoms with Crippen molar-refractivity contribution < 1.29 is 14.3 Å². The van der Waals surface area contributed by atoms with Crippen molar-refractivity contribution in [3.05, 3.63) is 53.6 Å². The lowest BCUT2D eigenvalue weighted by Crippen LogP contribution is -2.27. The molecule has 0 saturated carbocycles. The Balaban J connectivity index is 1.70. The zero-order valence-electron chi connectivity index (χ0n) is 12.9. The summed E-state index contributed by atoms with van der Waals surface area (Å²) in [6.45, 7) is 0.256. The Morgan fingerprint density at radius 2 is 1.65 bits per heavy atom. The summed E-state index contributed by atoms with van der Waals surface area (Å²) in [5.74, 6) is 7.64. The number of fused-ring (bicyclic) bond motifs is 1. The standard InChI is InChI=1S/C18H16N2O3/c1-20(2)18(21)19-15-8-5-13(6-9-15)3-4-14-7-10-16-17(11-14)23-12-22-16/h5-11H,12H2,1-2H3,(H,19,21). The third-order valence-electron chi connectivity index (χ3n) is 3.27. The highest BCUT2D eigenvalue weighted by Crippen LogP contribution is 2.32. The quantitative estimate of drug-likeness (QED) is 0.824. The van der Waals surface area contributed by atoms with Crippen LogP contribution in [0.4, 0.5) is 10.5 Å². The maximum atomic E-state index is 11.6. The fraction of sp³-hybridized carbons (Fsp3) is 0.167. The third-order valence-corrected chi connectivity index (χ3v) is 3.27. The molecular weight excluding hydrogens is 292 g/mol. The average molecular weight is 308 g/mol. The molecule has 0 saturated heterocycles. The van der Waals surface area contributed by atoms with Crippen LogP contribution >= 0.6 is 0 Å². The minimum Gasteiger partial charge on any atom is -0.454 e. The minimum atomic E-state index is -0.163. The van der Waals surface area contributed by atoms with Crippen molar-refractivity contribution in [1.82, 2.24) is 4.90 Å². The van der Waals surface area contributed by atoms with Crippen molar-refractivity contribution in [2.45, 2.75) is 0 Å². The van der Waals surface area contributed by atoms with Crippen LogP contribution in [0.3, 0.4) is 0 Å². The normalized spacial score (nSPS) is 11.4. The van der Waals surface area contributed by atoms with Crippen LogP contribution in [-0.4, -0.2) is 31.8 Å². The minimum absolute atomic E-state index is 0.163. The molecule has 2 aromatic carbocycles. The van der Waals surface area contributed by atoms with E-state index >= 15 is 0 Å². The van der Waals surface area contributed by atoms with Gasteiger partial charge in [-0.1, -0.05) is 11.8 Å². The van der Waals surface area contributed by atoms with Crippen LogP contribution in [0, 0.1) is 11.8 Å². The van der Waals surface area contributed by atoms with E-state index in [1.807, 2.05) is 42.5 Å². The van der Waals surface area contributed by atoms with E-state index < -0.39 is 0 Å². The zero-order valence-corrected chi connectivity index (χ0v) is 12.9. The SMILES string of the molecule is CN(C)C(=O)Nc1ccc(C#Cc2ccc3c(c2)OCO3)cc1. The summed E-state index contributed by atoms with van der Waals surface area (Å²) < 4.78 is 10.6. The number of urea groups is 1. The number of ether oxygens (including phenoxy) is 2. The molecule has 116 valence electrons. The molecule has 0 aliphatic carbocycles. The first-order valence-electron chi connectivity index (χ1n) is 7.12. The first-order chi connectivity index (χ1) is 11.1. The Labute approximate surface area is 134 Å².